The van der Waals surface area contributed by atoms with Gasteiger partial charge in [0.15, 0.2) is 0 Å². The number of nitrogens with one attached hydrogen (secondary N) is 1. The van der Waals surface area contributed by atoms with E-state index in [1.807, 2.05) is 0 Å². The van der Waals surface area contributed by atoms with Gasteiger partial charge in [-0.25, -0.2) is 0 Å². The molecular weight excluding hydrogens is 218 g/mol. The number of thioether (sulfide) groups is 1. The standard InChI is InChI=1S/C13H19NOS/c1-15-13-10(6-5-8-12(13)16-2)11-7-3-4-9-14-11/h5-6,8,11,14H,3-4,7,9H2,1-2H3. The van der Waals surface area contributed by atoms with E-state index >= 15 is 0 Å². The second-order valence-corrected chi connectivity index (χ2v) is 4.93. The monoisotopic (exact) mass is 237 g/mol. The van der Waals surface area contributed by atoms with E-state index in [0.29, 0.717) is 6.04 Å². The fourth-order valence-corrected chi connectivity index (χ4v) is 2.90. The van der Waals surface area contributed by atoms with Gasteiger partial charge in [0.05, 0.1) is 7.11 Å². The number of methoxy groups -OCH3 is 1. The van der Waals surface area contributed by atoms with Gasteiger partial charge in [-0.1, -0.05) is 18.6 Å². The maximum atomic E-state index is 5.56. The minimum atomic E-state index is 0.468. The molecule has 2 rings (SSSR count). The van der Waals surface area contributed by atoms with Crippen LogP contribution in [0.5, 0.6) is 5.75 Å². The average molecular weight is 237 g/mol. The summed E-state index contributed by atoms with van der Waals surface area (Å²) in [7, 11) is 1.77. The van der Waals surface area contributed by atoms with Gasteiger partial charge in [-0.2, -0.15) is 0 Å². The van der Waals surface area contributed by atoms with Crippen molar-refractivity contribution in [1.29, 1.82) is 0 Å². The predicted molar refractivity (Wildman–Crippen MR) is 69.4 cm³/mol. The third-order valence-corrected chi connectivity index (χ3v) is 3.88. The van der Waals surface area contributed by atoms with Gasteiger partial charge in [-0.3, -0.25) is 0 Å². The SMILES string of the molecule is COc1c(SC)cccc1C1CCCCN1. The van der Waals surface area contributed by atoms with Crippen LogP contribution in [0.1, 0.15) is 30.9 Å². The number of benzene rings is 1. The van der Waals surface area contributed by atoms with Crippen molar-refractivity contribution in [3.8, 4) is 5.75 Å². The first kappa shape index (κ1) is 11.8. The molecule has 1 fully saturated rings. The zero-order valence-electron chi connectivity index (χ0n) is 9.95. The van der Waals surface area contributed by atoms with Gasteiger partial charge in [-0.05, 0) is 31.7 Å². The molecule has 0 aromatic heterocycles. The Morgan fingerprint density at radius 1 is 1.38 bits per heavy atom. The van der Waals surface area contributed by atoms with Crippen molar-refractivity contribution in [3.63, 3.8) is 0 Å². The van der Waals surface area contributed by atoms with Gasteiger partial charge in [0.25, 0.3) is 0 Å². The van der Waals surface area contributed by atoms with E-state index in [2.05, 4.69) is 29.8 Å². The van der Waals surface area contributed by atoms with Gasteiger partial charge in [0.2, 0.25) is 0 Å². The van der Waals surface area contributed by atoms with E-state index in [-0.39, 0.29) is 0 Å². The van der Waals surface area contributed by atoms with Crippen LogP contribution >= 0.6 is 11.8 Å². The molecule has 1 aromatic carbocycles. The Labute approximate surface area is 102 Å². The maximum Gasteiger partial charge on any atom is 0.137 e. The Balaban J connectivity index is 2.30. The molecule has 1 unspecified atom stereocenters. The first-order valence-corrected chi connectivity index (χ1v) is 7.03. The van der Waals surface area contributed by atoms with Gasteiger partial charge < -0.3 is 10.1 Å². The highest BCUT2D eigenvalue weighted by Gasteiger charge is 2.19. The Kier molecular flexibility index (Phi) is 4.13. The molecule has 0 amide bonds. The van der Waals surface area contributed by atoms with Crippen LogP contribution in [0.2, 0.25) is 0 Å². The zero-order valence-corrected chi connectivity index (χ0v) is 10.8. The summed E-state index contributed by atoms with van der Waals surface area (Å²) in [4.78, 5) is 1.23. The van der Waals surface area contributed by atoms with Crippen molar-refractivity contribution in [2.75, 3.05) is 19.9 Å². The summed E-state index contributed by atoms with van der Waals surface area (Å²) in [5.41, 5.74) is 1.31. The van der Waals surface area contributed by atoms with Crippen LogP contribution in [0, 0.1) is 0 Å². The second kappa shape index (κ2) is 5.60. The number of para-hydroxylation sites is 1. The lowest BCUT2D eigenvalue weighted by atomic mass is 9.97. The zero-order chi connectivity index (χ0) is 11.4. The lowest BCUT2D eigenvalue weighted by Gasteiger charge is -2.26. The van der Waals surface area contributed by atoms with E-state index < -0.39 is 0 Å². The first-order valence-electron chi connectivity index (χ1n) is 5.81. The highest BCUT2D eigenvalue weighted by molar-refractivity contribution is 7.98. The molecule has 1 heterocycles. The third kappa shape index (κ3) is 2.36. The van der Waals surface area contributed by atoms with Crippen LogP contribution in [0.25, 0.3) is 0 Å². The Hall–Kier alpha value is -0.670. The fraction of sp³-hybridized carbons (Fsp3) is 0.538. The molecule has 0 aliphatic carbocycles. The van der Waals surface area contributed by atoms with Crippen LogP contribution in [0.15, 0.2) is 23.1 Å². The molecule has 1 aliphatic rings. The van der Waals surface area contributed by atoms with E-state index in [9.17, 15) is 0 Å². The number of piperidine rings is 1. The van der Waals surface area contributed by atoms with Crippen LogP contribution in [-0.2, 0) is 0 Å². The normalized spacial score (nSPS) is 20.8. The molecule has 1 atom stereocenters. The molecule has 0 radical (unpaired) electrons. The first-order chi connectivity index (χ1) is 7.86. The molecular formula is C13H19NOS. The fourth-order valence-electron chi connectivity index (χ4n) is 2.30. The van der Waals surface area contributed by atoms with Crippen LogP contribution < -0.4 is 10.1 Å². The summed E-state index contributed by atoms with van der Waals surface area (Å²) in [6, 6.07) is 6.90. The minimum absolute atomic E-state index is 0.468. The summed E-state index contributed by atoms with van der Waals surface area (Å²) in [6.45, 7) is 1.12. The highest BCUT2D eigenvalue weighted by atomic mass is 32.2. The van der Waals surface area contributed by atoms with Crippen molar-refractivity contribution in [1.82, 2.24) is 5.32 Å². The highest BCUT2D eigenvalue weighted by Crippen LogP contribution is 2.36. The maximum absolute atomic E-state index is 5.56. The summed E-state index contributed by atoms with van der Waals surface area (Å²) in [5, 5.41) is 3.57. The lowest BCUT2D eigenvalue weighted by molar-refractivity contribution is 0.367. The van der Waals surface area contributed by atoms with Crippen molar-refractivity contribution in [2.45, 2.75) is 30.2 Å². The molecule has 1 aromatic rings. The summed E-state index contributed by atoms with van der Waals surface area (Å²) in [5.74, 6) is 1.05. The molecule has 2 nitrogen and oxygen atoms in total. The van der Waals surface area contributed by atoms with E-state index in [1.54, 1.807) is 18.9 Å². The predicted octanol–water partition coefficient (Wildman–Crippen LogP) is 3.23. The lowest BCUT2D eigenvalue weighted by Crippen LogP contribution is -2.27. The van der Waals surface area contributed by atoms with Crippen molar-refractivity contribution < 1.29 is 4.74 Å². The van der Waals surface area contributed by atoms with Crippen LogP contribution in [0.4, 0.5) is 0 Å². The summed E-state index contributed by atoms with van der Waals surface area (Å²) < 4.78 is 5.56. The average Bonchev–Trinajstić information content (AvgIpc) is 2.38. The number of ether oxygens (including phenoxy) is 1. The number of hydrogen-bond acceptors (Lipinski definition) is 3. The molecule has 88 valence electrons. The van der Waals surface area contributed by atoms with Gasteiger partial charge in [0.1, 0.15) is 5.75 Å². The molecule has 1 N–H and O–H groups in total. The van der Waals surface area contributed by atoms with E-state index in [1.165, 1.54) is 29.7 Å². The van der Waals surface area contributed by atoms with Crippen molar-refractivity contribution in [2.24, 2.45) is 0 Å². The molecule has 0 bridgehead atoms. The summed E-state index contributed by atoms with van der Waals surface area (Å²) in [6.07, 6.45) is 5.91. The molecule has 3 heteroatoms. The van der Waals surface area contributed by atoms with Gasteiger partial charge in [-0.15, -0.1) is 11.8 Å². The molecule has 16 heavy (non-hydrogen) atoms. The smallest absolute Gasteiger partial charge is 0.137 e. The van der Waals surface area contributed by atoms with E-state index in [0.717, 1.165) is 12.3 Å². The molecule has 1 saturated heterocycles. The molecule has 0 saturated carbocycles. The Morgan fingerprint density at radius 3 is 2.88 bits per heavy atom. The van der Waals surface area contributed by atoms with Crippen molar-refractivity contribution >= 4 is 11.8 Å². The Morgan fingerprint density at radius 2 is 2.25 bits per heavy atom. The third-order valence-electron chi connectivity index (χ3n) is 3.12. The largest absolute Gasteiger partial charge is 0.495 e. The number of rotatable bonds is 3. The minimum Gasteiger partial charge on any atom is -0.495 e. The molecule has 0 spiro atoms. The van der Waals surface area contributed by atoms with E-state index in [4.69, 9.17) is 4.74 Å². The quantitative estimate of drug-likeness (QED) is 0.816. The summed E-state index contributed by atoms with van der Waals surface area (Å²) >= 11 is 1.75. The van der Waals surface area contributed by atoms with Gasteiger partial charge in [0, 0.05) is 16.5 Å². The molecule has 1 aliphatic heterocycles. The van der Waals surface area contributed by atoms with Crippen LogP contribution in [-0.4, -0.2) is 19.9 Å². The Bertz CT molecular complexity index is 348. The van der Waals surface area contributed by atoms with Crippen molar-refractivity contribution in [3.05, 3.63) is 23.8 Å². The second-order valence-electron chi connectivity index (χ2n) is 4.09. The topological polar surface area (TPSA) is 21.3 Å². The van der Waals surface area contributed by atoms with Gasteiger partial charge >= 0.3 is 0 Å². The number of hydrogen-bond donors (Lipinski definition) is 1. The van der Waals surface area contributed by atoms with Crippen LogP contribution in [0.3, 0.4) is 0 Å².